The Bertz CT molecular complexity index is 957. The van der Waals surface area contributed by atoms with E-state index in [1.54, 1.807) is 24.2 Å². The van der Waals surface area contributed by atoms with Gasteiger partial charge in [0.2, 0.25) is 11.0 Å². The summed E-state index contributed by atoms with van der Waals surface area (Å²) < 4.78 is 7.20. The van der Waals surface area contributed by atoms with Gasteiger partial charge in [0.1, 0.15) is 0 Å². The van der Waals surface area contributed by atoms with Gasteiger partial charge < -0.3 is 10.1 Å². The smallest absolute Gasteiger partial charge is 0.247 e. The molecule has 0 unspecified atom stereocenters. The van der Waals surface area contributed by atoms with Crippen molar-refractivity contribution in [2.45, 2.75) is 37.6 Å². The number of benzene rings is 1. The first-order valence-corrected chi connectivity index (χ1v) is 11.0. The summed E-state index contributed by atoms with van der Waals surface area (Å²) in [6.45, 7) is 2.19. The van der Waals surface area contributed by atoms with E-state index in [9.17, 15) is 0 Å². The van der Waals surface area contributed by atoms with Crippen LogP contribution in [0, 0.1) is 0 Å². The molecule has 0 radical (unpaired) electrons. The number of fused-ring (bicyclic) bond motifs is 3. The zero-order valence-electron chi connectivity index (χ0n) is 15.4. The minimum Gasteiger partial charge on any atom is -0.448 e. The molecule has 2 aromatic heterocycles. The maximum absolute atomic E-state index is 6.24. The lowest BCUT2D eigenvalue weighted by Crippen LogP contribution is -2.17. The van der Waals surface area contributed by atoms with Gasteiger partial charge in [0, 0.05) is 39.4 Å². The molecule has 0 fully saturated rings. The predicted octanol–water partition coefficient (Wildman–Crippen LogP) is 5.48. The molecule has 3 aromatic rings. The first-order chi connectivity index (χ1) is 13.7. The van der Waals surface area contributed by atoms with Crippen molar-refractivity contribution in [3.63, 3.8) is 0 Å². The average Bonchev–Trinajstić information content (AvgIpc) is 2.88. The van der Waals surface area contributed by atoms with Crippen molar-refractivity contribution in [3.8, 4) is 17.1 Å². The van der Waals surface area contributed by atoms with Gasteiger partial charge >= 0.3 is 0 Å². The first-order valence-electron chi connectivity index (χ1n) is 9.25. The average molecular weight is 458 g/mol. The molecule has 0 bridgehead atoms. The SMILES string of the molecule is CCCCCSc1nnc2c(n1)O[C@@H](c1cccnc1)Nc1ccc(Br)cc1-2. The molecule has 4 rings (SSSR count). The van der Waals surface area contributed by atoms with Crippen LogP contribution in [0.3, 0.4) is 0 Å². The number of ether oxygens (including phenoxy) is 1. The maximum atomic E-state index is 6.24. The fraction of sp³-hybridized carbons (Fsp3) is 0.300. The number of nitrogens with zero attached hydrogens (tertiary/aromatic N) is 4. The van der Waals surface area contributed by atoms with Gasteiger partial charge in [-0.3, -0.25) is 4.98 Å². The monoisotopic (exact) mass is 457 g/mol. The summed E-state index contributed by atoms with van der Waals surface area (Å²) in [6.07, 6.45) is 6.65. The van der Waals surface area contributed by atoms with Crippen LogP contribution in [0.25, 0.3) is 11.3 Å². The predicted molar refractivity (Wildman–Crippen MR) is 114 cm³/mol. The molecule has 1 aliphatic heterocycles. The van der Waals surface area contributed by atoms with Crippen molar-refractivity contribution < 1.29 is 4.74 Å². The Kier molecular flexibility index (Phi) is 6.07. The number of thioether (sulfide) groups is 1. The van der Waals surface area contributed by atoms with E-state index in [1.165, 1.54) is 12.8 Å². The fourth-order valence-electron chi connectivity index (χ4n) is 2.93. The number of aromatic nitrogens is 4. The molecule has 0 amide bonds. The van der Waals surface area contributed by atoms with Gasteiger partial charge in [-0.15, -0.1) is 10.2 Å². The van der Waals surface area contributed by atoms with Crippen LogP contribution < -0.4 is 10.1 Å². The second-order valence-corrected chi connectivity index (χ2v) is 8.40. The summed E-state index contributed by atoms with van der Waals surface area (Å²) in [6, 6.07) is 9.85. The number of rotatable bonds is 6. The summed E-state index contributed by atoms with van der Waals surface area (Å²) in [4.78, 5) is 8.88. The van der Waals surface area contributed by atoms with Crippen LogP contribution in [-0.2, 0) is 0 Å². The number of nitrogens with one attached hydrogen (secondary N) is 1. The highest BCUT2D eigenvalue weighted by atomic mass is 79.9. The Balaban J connectivity index is 1.71. The standard InChI is InChI=1S/C20H20BrN5OS/c1-2-3-4-10-28-20-24-19-17(25-26-20)15-11-14(21)7-8-16(15)23-18(27-19)13-6-5-9-22-12-13/h5-9,11-12,18,23H,2-4,10H2,1H3/t18-/m0/s1. The Morgan fingerprint density at radius 1 is 1.21 bits per heavy atom. The lowest BCUT2D eigenvalue weighted by Gasteiger charge is -2.18. The van der Waals surface area contributed by atoms with E-state index in [2.05, 4.69) is 48.3 Å². The van der Waals surface area contributed by atoms with Crippen LogP contribution in [0.5, 0.6) is 5.88 Å². The lowest BCUT2D eigenvalue weighted by molar-refractivity contribution is 0.225. The van der Waals surface area contributed by atoms with Gasteiger partial charge in [0.15, 0.2) is 11.9 Å². The molecule has 3 heterocycles. The minimum atomic E-state index is -0.412. The highest BCUT2D eigenvalue weighted by Crippen LogP contribution is 2.40. The second kappa shape index (κ2) is 8.87. The lowest BCUT2D eigenvalue weighted by atomic mass is 10.1. The van der Waals surface area contributed by atoms with E-state index < -0.39 is 6.23 Å². The quantitative estimate of drug-likeness (QED) is 0.387. The van der Waals surface area contributed by atoms with Gasteiger partial charge in [-0.1, -0.05) is 53.5 Å². The topological polar surface area (TPSA) is 72.8 Å². The molecule has 0 saturated carbocycles. The zero-order valence-corrected chi connectivity index (χ0v) is 17.8. The molecule has 1 aromatic carbocycles. The molecule has 0 saturated heterocycles. The Morgan fingerprint density at radius 2 is 2.14 bits per heavy atom. The Labute approximate surface area is 176 Å². The van der Waals surface area contributed by atoms with Crippen LogP contribution in [0.4, 0.5) is 5.69 Å². The third-order valence-electron chi connectivity index (χ3n) is 4.35. The normalized spacial score (nSPS) is 15.0. The van der Waals surface area contributed by atoms with Gasteiger partial charge in [-0.2, -0.15) is 4.98 Å². The molecule has 144 valence electrons. The number of hydrogen-bond donors (Lipinski definition) is 1. The summed E-state index contributed by atoms with van der Waals surface area (Å²) in [5.41, 5.74) is 3.36. The van der Waals surface area contributed by atoms with Crippen molar-refractivity contribution >= 4 is 33.4 Å². The van der Waals surface area contributed by atoms with Crippen molar-refractivity contribution in [1.29, 1.82) is 0 Å². The number of pyridine rings is 1. The van der Waals surface area contributed by atoms with Gasteiger partial charge in [0.05, 0.1) is 0 Å². The van der Waals surface area contributed by atoms with Gasteiger partial charge in [-0.25, -0.2) is 0 Å². The zero-order chi connectivity index (χ0) is 19.3. The number of unbranched alkanes of at least 4 members (excludes halogenated alkanes) is 2. The maximum Gasteiger partial charge on any atom is 0.247 e. The van der Waals surface area contributed by atoms with Crippen molar-refractivity contribution in [1.82, 2.24) is 20.2 Å². The highest BCUT2D eigenvalue weighted by molar-refractivity contribution is 9.10. The number of anilines is 1. The second-order valence-electron chi connectivity index (χ2n) is 6.42. The summed E-state index contributed by atoms with van der Waals surface area (Å²) in [7, 11) is 0. The van der Waals surface area contributed by atoms with E-state index in [1.807, 2.05) is 30.3 Å². The minimum absolute atomic E-state index is 0.412. The molecule has 8 heteroatoms. The third-order valence-corrected chi connectivity index (χ3v) is 5.77. The van der Waals surface area contributed by atoms with Crippen LogP contribution in [-0.4, -0.2) is 25.9 Å². The van der Waals surface area contributed by atoms with E-state index in [0.29, 0.717) is 16.7 Å². The molecule has 1 aliphatic rings. The molecule has 1 atom stereocenters. The molecule has 0 aliphatic carbocycles. The Hall–Kier alpha value is -2.19. The van der Waals surface area contributed by atoms with Crippen LogP contribution >= 0.6 is 27.7 Å². The largest absolute Gasteiger partial charge is 0.448 e. The summed E-state index contributed by atoms with van der Waals surface area (Å²) >= 11 is 5.15. The third kappa shape index (κ3) is 4.28. The van der Waals surface area contributed by atoms with Crippen LogP contribution in [0.1, 0.15) is 38.0 Å². The molecular formula is C20H20BrN5OS. The fourth-order valence-corrected chi connectivity index (χ4v) is 4.07. The molecular weight excluding hydrogens is 438 g/mol. The van der Waals surface area contributed by atoms with Gasteiger partial charge in [0.25, 0.3) is 0 Å². The number of hydrogen-bond acceptors (Lipinski definition) is 7. The van der Waals surface area contributed by atoms with Crippen molar-refractivity contribution in [3.05, 3.63) is 52.8 Å². The van der Waals surface area contributed by atoms with E-state index in [4.69, 9.17) is 4.74 Å². The van der Waals surface area contributed by atoms with Crippen LogP contribution in [0.15, 0.2) is 52.4 Å². The summed E-state index contributed by atoms with van der Waals surface area (Å²) in [5, 5.41) is 12.8. The van der Waals surface area contributed by atoms with Crippen molar-refractivity contribution in [2.24, 2.45) is 0 Å². The van der Waals surface area contributed by atoms with E-state index in [0.717, 1.165) is 33.5 Å². The van der Waals surface area contributed by atoms with E-state index >= 15 is 0 Å². The van der Waals surface area contributed by atoms with Crippen LogP contribution in [0.2, 0.25) is 0 Å². The first kappa shape index (κ1) is 19.1. The van der Waals surface area contributed by atoms with Crippen molar-refractivity contribution in [2.75, 3.05) is 11.1 Å². The number of halogens is 1. The molecule has 1 N–H and O–H groups in total. The van der Waals surface area contributed by atoms with E-state index in [-0.39, 0.29) is 0 Å². The Morgan fingerprint density at radius 3 is 2.96 bits per heavy atom. The van der Waals surface area contributed by atoms with Gasteiger partial charge in [-0.05, 0) is 30.7 Å². The molecule has 28 heavy (non-hydrogen) atoms. The molecule has 0 spiro atoms. The molecule has 6 nitrogen and oxygen atoms in total. The highest BCUT2D eigenvalue weighted by Gasteiger charge is 2.26. The summed E-state index contributed by atoms with van der Waals surface area (Å²) in [5.74, 6) is 1.45.